The van der Waals surface area contributed by atoms with Gasteiger partial charge in [-0.25, -0.2) is 4.68 Å². The van der Waals surface area contributed by atoms with Crippen LogP contribution in [0.3, 0.4) is 0 Å². The molecule has 0 atom stereocenters. The van der Waals surface area contributed by atoms with Crippen molar-refractivity contribution in [3.05, 3.63) is 41.2 Å². The summed E-state index contributed by atoms with van der Waals surface area (Å²) in [4.78, 5) is 14.1. The Hall–Kier alpha value is -2.17. The molecule has 1 aliphatic heterocycles. The van der Waals surface area contributed by atoms with Crippen molar-refractivity contribution in [1.29, 1.82) is 0 Å². The second-order valence-electron chi connectivity index (χ2n) is 5.39. The molecule has 2 heterocycles. The SMILES string of the molecule is Cc1cc(C)cc(-n2cc(C(=O)N3CCCC3)nn2)c1. The Morgan fingerprint density at radius 1 is 1.10 bits per heavy atom. The van der Waals surface area contributed by atoms with Crippen LogP contribution in [0.2, 0.25) is 0 Å². The van der Waals surface area contributed by atoms with E-state index in [0.717, 1.165) is 31.6 Å². The fourth-order valence-corrected chi connectivity index (χ4v) is 2.65. The fraction of sp³-hybridized carbons (Fsp3) is 0.400. The highest BCUT2D eigenvalue weighted by Crippen LogP contribution is 2.15. The Labute approximate surface area is 118 Å². The lowest BCUT2D eigenvalue weighted by molar-refractivity contribution is 0.0787. The topological polar surface area (TPSA) is 51.0 Å². The lowest BCUT2D eigenvalue weighted by Crippen LogP contribution is -2.27. The molecule has 3 rings (SSSR count). The molecule has 2 aromatic rings. The smallest absolute Gasteiger partial charge is 0.276 e. The van der Waals surface area contributed by atoms with Gasteiger partial charge in [0.2, 0.25) is 0 Å². The molecule has 5 nitrogen and oxygen atoms in total. The maximum atomic E-state index is 12.2. The van der Waals surface area contributed by atoms with Gasteiger partial charge in [-0.2, -0.15) is 0 Å². The van der Waals surface area contributed by atoms with Crippen LogP contribution in [0.4, 0.5) is 0 Å². The summed E-state index contributed by atoms with van der Waals surface area (Å²) < 4.78 is 1.67. The molecule has 1 aromatic carbocycles. The first kappa shape index (κ1) is 12.8. The zero-order chi connectivity index (χ0) is 14.1. The Morgan fingerprint density at radius 2 is 1.75 bits per heavy atom. The first-order valence-electron chi connectivity index (χ1n) is 6.94. The summed E-state index contributed by atoms with van der Waals surface area (Å²) in [5, 5.41) is 8.10. The van der Waals surface area contributed by atoms with E-state index in [0.29, 0.717) is 5.69 Å². The molecule has 1 amide bonds. The van der Waals surface area contributed by atoms with Crippen molar-refractivity contribution in [2.24, 2.45) is 0 Å². The highest BCUT2D eigenvalue weighted by Gasteiger charge is 2.22. The van der Waals surface area contributed by atoms with E-state index >= 15 is 0 Å². The number of hydrogen-bond donors (Lipinski definition) is 0. The number of carbonyl (C=O) groups is 1. The molecule has 1 fully saturated rings. The normalized spacial score (nSPS) is 14.8. The lowest BCUT2D eigenvalue weighted by Gasteiger charge is -2.12. The van der Waals surface area contributed by atoms with E-state index in [-0.39, 0.29) is 5.91 Å². The van der Waals surface area contributed by atoms with Crippen LogP contribution in [0.5, 0.6) is 0 Å². The second-order valence-corrected chi connectivity index (χ2v) is 5.39. The minimum atomic E-state index is -0.0156. The molecule has 5 heteroatoms. The first-order valence-corrected chi connectivity index (χ1v) is 6.94. The van der Waals surface area contributed by atoms with E-state index in [1.54, 1.807) is 10.9 Å². The number of likely N-dealkylation sites (tertiary alicyclic amines) is 1. The molecule has 1 saturated heterocycles. The van der Waals surface area contributed by atoms with E-state index in [9.17, 15) is 4.79 Å². The summed E-state index contributed by atoms with van der Waals surface area (Å²) in [6.45, 7) is 5.75. The van der Waals surface area contributed by atoms with E-state index < -0.39 is 0 Å². The predicted octanol–water partition coefficient (Wildman–Crippen LogP) is 2.12. The van der Waals surface area contributed by atoms with Gasteiger partial charge in [0.05, 0.1) is 11.9 Å². The summed E-state index contributed by atoms with van der Waals surface area (Å²) in [6.07, 6.45) is 3.88. The maximum Gasteiger partial charge on any atom is 0.276 e. The number of nitrogens with zero attached hydrogens (tertiary/aromatic N) is 4. The molecular weight excluding hydrogens is 252 g/mol. The van der Waals surface area contributed by atoms with Crippen LogP contribution in [-0.4, -0.2) is 38.9 Å². The van der Waals surface area contributed by atoms with Gasteiger partial charge in [0.25, 0.3) is 5.91 Å². The van der Waals surface area contributed by atoms with Gasteiger partial charge in [-0.1, -0.05) is 11.3 Å². The van der Waals surface area contributed by atoms with Gasteiger partial charge in [0.15, 0.2) is 5.69 Å². The highest BCUT2D eigenvalue weighted by molar-refractivity contribution is 5.92. The lowest BCUT2D eigenvalue weighted by atomic mass is 10.1. The van der Waals surface area contributed by atoms with Crippen LogP contribution in [0.15, 0.2) is 24.4 Å². The van der Waals surface area contributed by atoms with Crippen LogP contribution in [-0.2, 0) is 0 Å². The maximum absolute atomic E-state index is 12.2. The largest absolute Gasteiger partial charge is 0.337 e. The number of carbonyl (C=O) groups excluding carboxylic acids is 1. The van der Waals surface area contributed by atoms with Gasteiger partial charge in [-0.05, 0) is 49.9 Å². The van der Waals surface area contributed by atoms with Crippen LogP contribution in [0.25, 0.3) is 5.69 Å². The van der Waals surface area contributed by atoms with E-state index in [1.165, 1.54) is 11.1 Å². The van der Waals surface area contributed by atoms with Crippen molar-refractivity contribution >= 4 is 5.91 Å². The molecule has 0 spiro atoms. The standard InChI is InChI=1S/C15H18N4O/c1-11-7-12(2)9-13(8-11)19-10-14(16-17-19)15(20)18-5-3-4-6-18/h7-10H,3-6H2,1-2H3. The zero-order valence-electron chi connectivity index (χ0n) is 11.8. The van der Waals surface area contributed by atoms with Crippen molar-refractivity contribution in [2.45, 2.75) is 26.7 Å². The third-order valence-corrected chi connectivity index (χ3v) is 3.58. The Balaban J connectivity index is 1.87. The zero-order valence-corrected chi connectivity index (χ0v) is 11.8. The number of aryl methyl sites for hydroxylation is 2. The number of hydrogen-bond acceptors (Lipinski definition) is 3. The first-order chi connectivity index (χ1) is 9.63. The molecule has 0 aliphatic carbocycles. The average molecular weight is 270 g/mol. The van der Waals surface area contributed by atoms with Crippen LogP contribution in [0.1, 0.15) is 34.5 Å². The monoisotopic (exact) mass is 270 g/mol. The second kappa shape index (κ2) is 5.07. The molecule has 1 aliphatic rings. The minimum Gasteiger partial charge on any atom is -0.337 e. The van der Waals surface area contributed by atoms with Gasteiger partial charge in [0, 0.05) is 13.1 Å². The van der Waals surface area contributed by atoms with E-state index in [1.807, 2.05) is 30.9 Å². The molecule has 20 heavy (non-hydrogen) atoms. The Morgan fingerprint density at radius 3 is 2.40 bits per heavy atom. The molecule has 0 N–H and O–H groups in total. The van der Waals surface area contributed by atoms with Crippen molar-refractivity contribution in [1.82, 2.24) is 19.9 Å². The van der Waals surface area contributed by atoms with Crippen LogP contribution in [0, 0.1) is 13.8 Å². The summed E-state index contributed by atoms with van der Waals surface area (Å²) in [5.41, 5.74) is 3.70. The van der Waals surface area contributed by atoms with Crippen molar-refractivity contribution in [3.8, 4) is 5.69 Å². The average Bonchev–Trinajstić information content (AvgIpc) is 3.09. The summed E-state index contributed by atoms with van der Waals surface area (Å²) >= 11 is 0. The summed E-state index contributed by atoms with van der Waals surface area (Å²) in [6, 6.07) is 6.17. The number of rotatable bonds is 2. The van der Waals surface area contributed by atoms with Gasteiger partial charge in [0.1, 0.15) is 0 Å². The van der Waals surface area contributed by atoms with Gasteiger partial charge in [-0.15, -0.1) is 5.10 Å². The van der Waals surface area contributed by atoms with Crippen molar-refractivity contribution in [3.63, 3.8) is 0 Å². The number of amides is 1. The highest BCUT2D eigenvalue weighted by atomic mass is 16.2. The van der Waals surface area contributed by atoms with Crippen LogP contribution >= 0.6 is 0 Å². The third kappa shape index (κ3) is 2.43. The quantitative estimate of drug-likeness (QED) is 0.840. The molecular formula is C15H18N4O. The van der Waals surface area contributed by atoms with E-state index in [4.69, 9.17) is 0 Å². The van der Waals surface area contributed by atoms with Crippen molar-refractivity contribution in [2.75, 3.05) is 13.1 Å². The predicted molar refractivity (Wildman–Crippen MR) is 76.0 cm³/mol. The van der Waals surface area contributed by atoms with Crippen LogP contribution < -0.4 is 0 Å². The molecule has 0 saturated carbocycles. The van der Waals surface area contributed by atoms with Gasteiger partial charge in [-0.3, -0.25) is 4.79 Å². The number of aromatic nitrogens is 3. The minimum absolute atomic E-state index is 0.0156. The Kier molecular flexibility index (Phi) is 3.26. The van der Waals surface area contributed by atoms with Gasteiger partial charge >= 0.3 is 0 Å². The third-order valence-electron chi connectivity index (χ3n) is 3.58. The number of benzene rings is 1. The molecule has 0 unspecified atom stereocenters. The molecule has 0 bridgehead atoms. The van der Waals surface area contributed by atoms with E-state index in [2.05, 4.69) is 16.4 Å². The van der Waals surface area contributed by atoms with Crippen molar-refractivity contribution < 1.29 is 4.79 Å². The Bertz CT molecular complexity index is 621. The summed E-state index contributed by atoms with van der Waals surface area (Å²) in [7, 11) is 0. The van der Waals surface area contributed by atoms with Gasteiger partial charge < -0.3 is 4.90 Å². The molecule has 1 aromatic heterocycles. The fourth-order valence-electron chi connectivity index (χ4n) is 2.65. The summed E-state index contributed by atoms with van der Waals surface area (Å²) in [5.74, 6) is -0.0156. The molecule has 0 radical (unpaired) electrons. The molecule has 104 valence electrons.